The smallest absolute Gasteiger partial charge is 0.322 e. The SMILES string of the molecule is Cc1cc(C(=O)N2CCN(C(=O)Nc3ccccc3N3C[C@@H](C)O[C@H](C)C3)CC2)c(C)o1. The minimum atomic E-state index is -0.144. The molecule has 32 heavy (non-hydrogen) atoms. The molecule has 0 saturated carbocycles. The molecule has 4 rings (SSSR count). The molecule has 0 aliphatic carbocycles. The standard InChI is InChI=1S/C24H32N4O4/c1-16-13-20(19(4)32-16)23(29)26-9-11-27(12-10-26)24(30)25-21-7-5-6-8-22(21)28-14-17(2)31-18(3)15-28/h5-8,13,17-18H,9-12,14-15H2,1-4H3,(H,25,30)/t17-,18-/m1/s1. The summed E-state index contributed by atoms with van der Waals surface area (Å²) in [6.45, 7) is 11.3. The highest BCUT2D eigenvalue weighted by molar-refractivity contribution is 5.96. The topological polar surface area (TPSA) is 78.3 Å². The summed E-state index contributed by atoms with van der Waals surface area (Å²) in [5.74, 6) is 1.32. The molecule has 1 aromatic carbocycles. The van der Waals surface area contributed by atoms with E-state index in [4.69, 9.17) is 9.15 Å². The van der Waals surface area contributed by atoms with Crippen molar-refractivity contribution in [1.29, 1.82) is 0 Å². The number of ether oxygens (including phenoxy) is 1. The lowest BCUT2D eigenvalue weighted by Gasteiger charge is -2.38. The van der Waals surface area contributed by atoms with Gasteiger partial charge in [0.2, 0.25) is 0 Å². The number of hydrogen-bond acceptors (Lipinski definition) is 5. The molecule has 1 aromatic heterocycles. The van der Waals surface area contributed by atoms with Gasteiger partial charge < -0.3 is 29.2 Å². The van der Waals surface area contributed by atoms with Gasteiger partial charge in [-0.25, -0.2) is 4.79 Å². The number of benzene rings is 1. The first kappa shape index (κ1) is 22.2. The molecule has 0 unspecified atom stereocenters. The number of amides is 3. The first-order valence-corrected chi connectivity index (χ1v) is 11.2. The van der Waals surface area contributed by atoms with Crippen LogP contribution in [0.2, 0.25) is 0 Å². The molecule has 2 fully saturated rings. The molecule has 0 bridgehead atoms. The van der Waals surface area contributed by atoms with E-state index in [2.05, 4.69) is 24.1 Å². The van der Waals surface area contributed by atoms with Crippen LogP contribution in [0.15, 0.2) is 34.7 Å². The molecular weight excluding hydrogens is 408 g/mol. The summed E-state index contributed by atoms with van der Waals surface area (Å²) in [6, 6.07) is 9.52. The molecule has 2 atom stereocenters. The Kier molecular flexibility index (Phi) is 6.41. The van der Waals surface area contributed by atoms with Gasteiger partial charge in [0, 0.05) is 39.3 Å². The predicted octanol–water partition coefficient (Wildman–Crippen LogP) is 3.50. The van der Waals surface area contributed by atoms with Crippen LogP contribution in [0.4, 0.5) is 16.2 Å². The maximum absolute atomic E-state index is 13.0. The number of carbonyl (C=O) groups excluding carboxylic acids is 2. The molecule has 8 nitrogen and oxygen atoms in total. The number of carbonyl (C=O) groups is 2. The largest absolute Gasteiger partial charge is 0.466 e. The zero-order chi connectivity index (χ0) is 22.8. The molecule has 2 aromatic rings. The van der Waals surface area contributed by atoms with E-state index in [0.717, 1.165) is 30.2 Å². The van der Waals surface area contributed by atoms with Crippen LogP contribution in [-0.4, -0.2) is 73.2 Å². The Balaban J connectivity index is 1.38. The number of hydrogen-bond donors (Lipinski definition) is 1. The number of anilines is 2. The maximum atomic E-state index is 13.0. The van der Waals surface area contributed by atoms with Crippen molar-refractivity contribution in [3.05, 3.63) is 47.4 Å². The van der Waals surface area contributed by atoms with Crippen LogP contribution in [0.1, 0.15) is 35.7 Å². The number of piperazine rings is 1. The van der Waals surface area contributed by atoms with Gasteiger partial charge in [-0.3, -0.25) is 4.79 Å². The molecule has 2 aliphatic rings. The number of nitrogens with zero attached hydrogens (tertiary/aromatic N) is 3. The van der Waals surface area contributed by atoms with Crippen LogP contribution in [0.5, 0.6) is 0 Å². The first-order valence-electron chi connectivity index (χ1n) is 11.2. The van der Waals surface area contributed by atoms with Crippen molar-refractivity contribution in [3.63, 3.8) is 0 Å². The Morgan fingerprint density at radius 1 is 0.969 bits per heavy atom. The summed E-state index contributed by atoms with van der Waals surface area (Å²) in [5.41, 5.74) is 2.40. The third-order valence-electron chi connectivity index (χ3n) is 6.03. The number of furan rings is 1. The van der Waals surface area contributed by atoms with Gasteiger partial charge >= 0.3 is 6.03 Å². The number of para-hydroxylation sites is 2. The number of urea groups is 1. The van der Waals surface area contributed by atoms with Gasteiger partial charge in [0.15, 0.2) is 0 Å². The van der Waals surface area contributed by atoms with Crippen LogP contribution in [0.3, 0.4) is 0 Å². The van der Waals surface area contributed by atoms with E-state index in [1.165, 1.54) is 0 Å². The van der Waals surface area contributed by atoms with Crippen LogP contribution >= 0.6 is 0 Å². The molecule has 2 saturated heterocycles. The summed E-state index contributed by atoms with van der Waals surface area (Å²) in [6.07, 6.45) is 0.270. The monoisotopic (exact) mass is 440 g/mol. The number of nitrogens with one attached hydrogen (secondary N) is 1. The molecule has 172 valence electrons. The van der Waals surface area contributed by atoms with E-state index < -0.39 is 0 Å². The lowest BCUT2D eigenvalue weighted by molar-refractivity contribution is -0.00517. The van der Waals surface area contributed by atoms with E-state index in [9.17, 15) is 9.59 Å². The fourth-order valence-corrected chi connectivity index (χ4v) is 4.55. The lowest BCUT2D eigenvalue weighted by atomic mass is 10.1. The van der Waals surface area contributed by atoms with E-state index in [0.29, 0.717) is 37.5 Å². The fourth-order valence-electron chi connectivity index (χ4n) is 4.55. The minimum Gasteiger partial charge on any atom is -0.466 e. The number of aryl methyl sites for hydroxylation is 2. The average molecular weight is 441 g/mol. The van der Waals surface area contributed by atoms with Gasteiger partial charge in [0.05, 0.1) is 29.1 Å². The highest BCUT2D eigenvalue weighted by Crippen LogP contribution is 2.29. The van der Waals surface area contributed by atoms with Crippen LogP contribution in [-0.2, 0) is 4.74 Å². The first-order chi connectivity index (χ1) is 15.3. The normalized spacial score (nSPS) is 21.6. The van der Waals surface area contributed by atoms with Crippen molar-refractivity contribution in [1.82, 2.24) is 9.80 Å². The molecule has 8 heteroatoms. The van der Waals surface area contributed by atoms with Gasteiger partial charge in [-0.1, -0.05) is 12.1 Å². The van der Waals surface area contributed by atoms with Crippen LogP contribution < -0.4 is 10.2 Å². The number of rotatable bonds is 3. The van der Waals surface area contributed by atoms with Crippen LogP contribution in [0, 0.1) is 13.8 Å². The Labute approximate surface area is 189 Å². The van der Waals surface area contributed by atoms with Gasteiger partial charge in [0.1, 0.15) is 11.5 Å². The molecule has 2 aliphatic heterocycles. The highest BCUT2D eigenvalue weighted by atomic mass is 16.5. The van der Waals surface area contributed by atoms with E-state index >= 15 is 0 Å². The average Bonchev–Trinajstić information content (AvgIpc) is 3.11. The Hall–Kier alpha value is -3.00. The van der Waals surface area contributed by atoms with Gasteiger partial charge in [-0.2, -0.15) is 0 Å². The Morgan fingerprint density at radius 3 is 2.22 bits per heavy atom. The Morgan fingerprint density at radius 2 is 1.59 bits per heavy atom. The molecular formula is C24H32N4O4. The minimum absolute atomic E-state index is 0.0414. The summed E-state index contributed by atoms with van der Waals surface area (Å²) in [4.78, 5) is 31.6. The van der Waals surface area contributed by atoms with E-state index in [1.807, 2.05) is 31.2 Å². The third kappa shape index (κ3) is 4.75. The quantitative estimate of drug-likeness (QED) is 0.790. The Bertz CT molecular complexity index is 970. The third-order valence-corrected chi connectivity index (χ3v) is 6.03. The van der Waals surface area contributed by atoms with Crippen molar-refractivity contribution in [2.45, 2.75) is 39.9 Å². The van der Waals surface area contributed by atoms with Crippen molar-refractivity contribution >= 4 is 23.3 Å². The molecule has 3 amide bonds. The second-order valence-corrected chi connectivity index (χ2v) is 8.72. The van der Waals surface area contributed by atoms with Crippen molar-refractivity contribution in [3.8, 4) is 0 Å². The summed E-state index contributed by atoms with van der Waals surface area (Å²) >= 11 is 0. The molecule has 0 radical (unpaired) electrons. The van der Waals surface area contributed by atoms with Crippen molar-refractivity contribution in [2.75, 3.05) is 49.5 Å². The predicted molar refractivity (Wildman–Crippen MR) is 123 cm³/mol. The van der Waals surface area contributed by atoms with Gasteiger partial charge in [0.25, 0.3) is 5.91 Å². The number of morpholine rings is 1. The molecule has 1 N–H and O–H groups in total. The summed E-state index contributed by atoms with van der Waals surface area (Å²) in [7, 11) is 0. The second-order valence-electron chi connectivity index (χ2n) is 8.72. The van der Waals surface area contributed by atoms with E-state index in [-0.39, 0.29) is 24.1 Å². The lowest BCUT2D eigenvalue weighted by Crippen LogP contribution is -2.52. The maximum Gasteiger partial charge on any atom is 0.322 e. The zero-order valence-electron chi connectivity index (χ0n) is 19.3. The van der Waals surface area contributed by atoms with Gasteiger partial charge in [-0.15, -0.1) is 0 Å². The van der Waals surface area contributed by atoms with Crippen molar-refractivity contribution in [2.24, 2.45) is 0 Å². The second kappa shape index (κ2) is 9.24. The van der Waals surface area contributed by atoms with E-state index in [1.54, 1.807) is 22.8 Å². The zero-order valence-corrected chi connectivity index (χ0v) is 19.3. The molecule has 3 heterocycles. The summed E-state index contributed by atoms with van der Waals surface area (Å²) < 4.78 is 11.3. The van der Waals surface area contributed by atoms with Crippen molar-refractivity contribution < 1.29 is 18.7 Å². The summed E-state index contributed by atoms with van der Waals surface area (Å²) in [5, 5.41) is 3.08. The van der Waals surface area contributed by atoms with Crippen LogP contribution in [0.25, 0.3) is 0 Å². The van der Waals surface area contributed by atoms with Gasteiger partial charge in [-0.05, 0) is 45.9 Å². The molecule has 0 spiro atoms. The fraction of sp³-hybridized carbons (Fsp3) is 0.500. The highest BCUT2D eigenvalue weighted by Gasteiger charge is 2.28.